The molecule has 0 unspecified atom stereocenters. The Hall–Kier alpha value is -1.14. The summed E-state index contributed by atoms with van der Waals surface area (Å²) in [6.07, 6.45) is 4.62. The summed E-state index contributed by atoms with van der Waals surface area (Å²) in [5.41, 5.74) is 1.73. The molecule has 0 radical (unpaired) electrons. The monoisotopic (exact) mass is 407 g/mol. The summed E-state index contributed by atoms with van der Waals surface area (Å²) < 4.78 is 5.67. The maximum absolute atomic E-state index is 12.2. The van der Waals surface area contributed by atoms with Gasteiger partial charge >= 0.3 is 5.97 Å². The van der Waals surface area contributed by atoms with Gasteiger partial charge in [-0.05, 0) is 53.9 Å². The largest absolute Gasteiger partial charge is 0.452 e. The molecular formula is C21H29NO3S2. The van der Waals surface area contributed by atoms with Crippen molar-refractivity contribution in [2.45, 2.75) is 50.2 Å². The van der Waals surface area contributed by atoms with Crippen molar-refractivity contribution in [1.82, 2.24) is 5.32 Å². The Morgan fingerprint density at radius 3 is 2.48 bits per heavy atom. The van der Waals surface area contributed by atoms with E-state index in [4.69, 9.17) is 4.74 Å². The fourth-order valence-corrected chi connectivity index (χ4v) is 6.60. The molecule has 1 aromatic carbocycles. The van der Waals surface area contributed by atoms with Crippen molar-refractivity contribution >= 4 is 35.4 Å². The van der Waals surface area contributed by atoms with Gasteiger partial charge in [-0.25, -0.2) is 4.79 Å². The van der Waals surface area contributed by atoms with Crippen LogP contribution in [0.1, 0.15) is 60.0 Å². The van der Waals surface area contributed by atoms with Gasteiger partial charge in [0.2, 0.25) is 0 Å². The molecule has 1 N–H and O–H groups in total. The number of benzene rings is 1. The smallest absolute Gasteiger partial charge is 0.338 e. The van der Waals surface area contributed by atoms with Crippen molar-refractivity contribution in [2.24, 2.45) is 11.8 Å². The van der Waals surface area contributed by atoms with E-state index in [9.17, 15) is 9.59 Å². The molecule has 148 valence electrons. The molecule has 4 nitrogen and oxygen atoms in total. The predicted molar refractivity (Wildman–Crippen MR) is 113 cm³/mol. The second kappa shape index (κ2) is 9.87. The van der Waals surface area contributed by atoms with E-state index in [-0.39, 0.29) is 18.6 Å². The number of esters is 1. The number of hydrogen-bond donors (Lipinski definition) is 1. The van der Waals surface area contributed by atoms with Gasteiger partial charge in [0.25, 0.3) is 5.91 Å². The molecule has 1 saturated carbocycles. The van der Waals surface area contributed by atoms with Crippen LogP contribution in [0.5, 0.6) is 0 Å². The first-order valence-electron chi connectivity index (χ1n) is 9.84. The van der Waals surface area contributed by atoms with Crippen LogP contribution in [-0.4, -0.2) is 36.0 Å². The van der Waals surface area contributed by atoms with E-state index in [2.05, 4.69) is 19.2 Å². The molecule has 27 heavy (non-hydrogen) atoms. The van der Waals surface area contributed by atoms with Crippen molar-refractivity contribution in [3.8, 4) is 0 Å². The topological polar surface area (TPSA) is 55.4 Å². The molecule has 1 aliphatic carbocycles. The van der Waals surface area contributed by atoms with E-state index in [0.717, 1.165) is 12.8 Å². The molecule has 1 saturated heterocycles. The lowest BCUT2D eigenvalue weighted by molar-refractivity contribution is -0.125. The second-order valence-corrected chi connectivity index (χ2v) is 10.3. The van der Waals surface area contributed by atoms with E-state index >= 15 is 0 Å². The molecule has 2 fully saturated rings. The Labute approximate surface area is 170 Å². The predicted octanol–water partition coefficient (Wildman–Crippen LogP) is 4.65. The summed E-state index contributed by atoms with van der Waals surface area (Å²) in [6.45, 7) is 4.20. The lowest BCUT2D eigenvalue weighted by Gasteiger charge is -2.34. The molecule has 1 heterocycles. The Bertz CT molecular complexity index is 643. The molecule has 6 heteroatoms. The van der Waals surface area contributed by atoms with E-state index < -0.39 is 5.97 Å². The number of rotatable bonds is 5. The summed E-state index contributed by atoms with van der Waals surface area (Å²) in [7, 11) is 0. The van der Waals surface area contributed by atoms with Crippen molar-refractivity contribution in [3.63, 3.8) is 0 Å². The number of nitrogens with one attached hydrogen (secondary N) is 1. The van der Waals surface area contributed by atoms with E-state index in [0.29, 0.717) is 22.0 Å². The van der Waals surface area contributed by atoms with E-state index in [1.165, 1.54) is 29.9 Å². The number of hydrogen-bond acceptors (Lipinski definition) is 5. The Balaban J connectivity index is 1.46. The van der Waals surface area contributed by atoms with Gasteiger partial charge in [0.15, 0.2) is 6.61 Å². The molecule has 1 aliphatic heterocycles. The fourth-order valence-electron chi connectivity index (χ4n) is 3.71. The first kappa shape index (κ1) is 20.6. The lowest BCUT2D eigenvalue weighted by Crippen LogP contribution is -2.45. The minimum absolute atomic E-state index is 0.185. The molecular weight excluding hydrogens is 378 g/mol. The molecule has 0 spiro atoms. The van der Waals surface area contributed by atoms with Gasteiger partial charge < -0.3 is 10.1 Å². The van der Waals surface area contributed by atoms with Gasteiger partial charge in [0.1, 0.15) is 0 Å². The highest BCUT2D eigenvalue weighted by atomic mass is 32.2. The first-order valence-corrected chi connectivity index (χ1v) is 11.9. The van der Waals surface area contributed by atoms with Gasteiger partial charge in [-0.3, -0.25) is 4.79 Å². The zero-order valence-electron chi connectivity index (χ0n) is 16.1. The molecule has 2 aliphatic rings. The quantitative estimate of drug-likeness (QED) is 0.720. The van der Waals surface area contributed by atoms with Gasteiger partial charge in [-0.1, -0.05) is 38.8 Å². The van der Waals surface area contributed by atoms with Crippen LogP contribution in [0.25, 0.3) is 0 Å². The van der Waals surface area contributed by atoms with Crippen molar-refractivity contribution < 1.29 is 14.3 Å². The van der Waals surface area contributed by atoms with E-state index in [1.807, 2.05) is 35.7 Å². The first-order chi connectivity index (χ1) is 13.0. The highest BCUT2D eigenvalue weighted by molar-refractivity contribution is 8.16. The summed E-state index contributed by atoms with van der Waals surface area (Å²) in [6, 6.07) is 7.78. The van der Waals surface area contributed by atoms with Crippen molar-refractivity contribution in [1.29, 1.82) is 0 Å². The maximum Gasteiger partial charge on any atom is 0.338 e. The van der Waals surface area contributed by atoms with Crippen LogP contribution in [-0.2, 0) is 9.53 Å². The van der Waals surface area contributed by atoms with Crippen LogP contribution >= 0.6 is 23.5 Å². The average Bonchev–Trinajstić information content (AvgIpc) is 2.70. The van der Waals surface area contributed by atoms with Crippen LogP contribution in [0.15, 0.2) is 24.3 Å². The number of carbonyl (C=O) groups excluding carboxylic acids is 2. The Morgan fingerprint density at radius 2 is 1.78 bits per heavy atom. The highest BCUT2D eigenvalue weighted by Gasteiger charge is 2.28. The van der Waals surface area contributed by atoms with Crippen LogP contribution in [0.2, 0.25) is 0 Å². The summed E-state index contributed by atoms with van der Waals surface area (Å²) in [5, 5.41) is 3.04. The average molecular weight is 408 g/mol. The third-order valence-electron chi connectivity index (χ3n) is 5.63. The number of ether oxygens (including phenoxy) is 1. The van der Waals surface area contributed by atoms with Gasteiger partial charge in [-0.15, -0.1) is 23.5 Å². The van der Waals surface area contributed by atoms with Gasteiger partial charge in [0.05, 0.1) is 10.1 Å². The molecule has 3 rings (SSSR count). The molecule has 1 amide bonds. The highest BCUT2D eigenvalue weighted by Crippen LogP contribution is 2.43. The maximum atomic E-state index is 12.2. The summed E-state index contributed by atoms with van der Waals surface area (Å²) >= 11 is 3.91. The molecule has 1 aromatic rings. The zero-order chi connectivity index (χ0) is 19.2. The number of carbonyl (C=O) groups is 2. The van der Waals surface area contributed by atoms with Crippen molar-refractivity contribution in [3.05, 3.63) is 35.4 Å². The summed E-state index contributed by atoms with van der Waals surface area (Å²) in [4.78, 5) is 24.4. The third kappa shape index (κ3) is 5.67. The zero-order valence-corrected chi connectivity index (χ0v) is 17.7. The van der Waals surface area contributed by atoms with Crippen molar-refractivity contribution in [2.75, 3.05) is 18.1 Å². The van der Waals surface area contributed by atoms with Crippen LogP contribution < -0.4 is 5.32 Å². The standard InChI is InChI=1S/C21H29NO3S2/c1-14-5-3-6-18(15(14)2)22-19(23)13-25-20(24)16-7-9-17(10-8-16)21-26-11-4-12-27-21/h7-10,14-15,18,21H,3-6,11-13H2,1-2H3,(H,22,23)/t14-,15+,18-/m0/s1. The van der Waals surface area contributed by atoms with Gasteiger partial charge in [0, 0.05) is 6.04 Å². The SMILES string of the molecule is C[C@H]1[C@@H](NC(=O)COC(=O)c2ccc(C3SCCCS3)cc2)CCC[C@@H]1C. The number of thioether (sulfide) groups is 2. The fraction of sp³-hybridized carbons (Fsp3) is 0.619. The van der Waals surface area contributed by atoms with E-state index in [1.54, 1.807) is 12.1 Å². The Morgan fingerprint density at radius 1 is 1.07 bits per heavy atom. The molecule has 3 atom stereocenters. The summed E-state index contributed by atoms with van der Waals surface area (Å²) in [5.74, 6) is 2.81. The lowest BCUT2D eigenvalue weighted by atomic mass is 9.78. The minimum atomic E-state index is -0.439. The van der Waals surface area contributed by atoms with Crippen LogP contribution in [0, 0.1) is 11.8 Å². The Kier molecular flexibility index (Phi) is 7.53. The normalized spacial score (nSPS) is 26.4. The number of amides is 1. The molecule has 0 aromatic heterocycles. The second-order valence-electron chi connectivity index (χ2n) is 7.57. The minimum Gasteiger partial charge on any atom is -0.452 e. The third-order valence-corrected chi connectivity index (χ3v) is 8.65. The van der Waals surface area contributed by atoms with Gasteiger partial charge in [-0.2, -0.15) is 0 Å². The van der Waals surface area contributed by atoms with Crippen LogP contribution in [0.4, 0.5) is 0 Å². The molecule has 0 bridgehead atoms. The van der Waals surface area contributed by atoms with Crippen LogP contribution in [0.3, 0.4) is 0 Å².